The Kier molecular flexibility index (Phi) is 20.5. The summed E-state index contributed by atoms with van der Waals surface area (Å²) in [6, 6.07) is 0. The second-order valence-corrected chi connectivity index (χ2v) is 7.00. The molecule has 0 fully saturated rings. The minimum Gasteiger partial charge on any atom is -0.0885 e. The Hall–Kier alpha value is -0.260. The van der Waals surface area contributed by atoms with Crippen LogP contribution in [0, 0.1) is 0 Å². The van der Waals surface area contributed by atoms with Crippen LogP contribution < -0.4 is 0 Å². The first kappa shape index (κ1) is 21.7. The summed E-state index contributed by atoms with van der Waals surface area (Å²) in [4.78, 5) is 0. The van der Waals surface area contributed by atoms with E-state index in [0.717, 1.165) is 0 Å². The molecule has 0 spiro atoms. The van der Waals surface area contributed by atoms with Gasteiger partial charge in [-0.3, -0.25) is 0 Å². The van der Waals surface area contributed by atoms with Crippen molar-refractivity contribution in [1.29, 1.82) is 0 Å². The van der Waals surface area contributed by atoms with Crippen molar-refractivity contribution in [3.8, 4) is 0 Å². The SMILES string of the molecule is CCCCCCCCCC/C=C\CCCCCCCCCC. The molecule has 0 saturated carbocycles. The molecule has 0 aromatic rings. The molecule has 0 atom stereocenters. The molecule has 0 aromatic heterocycles. The van der Waals surface area contributed by atoms with Crippen LogP contribution in [0.1, 0.15) is 129 Å². The normalized spacial score (nSPS) is 11.5. The van der Waals surface area contributed by atoms with Gasteiger partial charge < -0.3 is 0 Å². The first-order valence-electron chi connectivity index (χ1n) is 10.6. The maximum absolute atomic E-state index is 2.43. The van der Waals surface area contributed by atoms with Gasteiger partial charge in [0.25, 0.3) is 0 Å². The standard InChI is InChI=1S/C22H44/c1-3-5-7-9-11-13-15-17-19-21-22-20-18-16-14-12-10-8-6-4-2/h21-22H,3-20H2,1-2H3/b22-21-. The Morgan fingerprint density at radius 3 is 0.955 bits per heavy atom. The molecule has 0 bridgehead atoms. The van der Waals surface area contributed by atoms with E-state index in [2.05, 4.69) is 26.0 Å². The summed E-state index contributed by atoms with van der Waals surface area (Å²) in [5.41, 5.74) is 0. The molecule has 0 aliphatic rings. The van der Waals surface area contributed by atoms with E-state index in [1.54, 1.807) is 0 Å². The summed E-state index contributed by atoms with van der Waals surface area (Å²) in [5, 5.41) is 0. The van der Waals surface area contributed by atoms with Gasteiger partial charge in [0.1, 0.15) is 0 Å². The molecule has 0 unspecified atom stereocenters. The Bertz CT molecular complexity index is 182. The van der Waals surface area contributed by atoms with Crippen LogP contribution in [-0.2, 0) is 0 Å². The molecular weight excluding hydrogens is 264 g/mol. The van der Waals surface area contributed by atoms with Crippen LogP contribution in [-0.4, -0.2) is 0 Å². The zero-order chi connectivity index (χ0) is 16.1. The number of rotatable bonds is 18. The van der Waals surface area contributed by atoms with Gasteiger partial charge in [0.05, 0.1) is 0 Å². The molecule has 0 amide bonds. The second kappa shape index (κ2) is 20.7. The summed E-state index contributed by atoms with van der Waals surface area (Å²) in [6.45, 7) is 4.58. The van der Waals surface area contributed by atoms with Gasteiger partial charge in [-0.25, -0.2) is 0 Å². The van der Waals surface area contributed by atoms with Gasteiger partial charge in [-0.2, -0.15) is 0 Å². The van der Waals surface area contributed by atoms with Crippen molar-refractivity contribution in [3.63, 3.8) is 0 Å². The van der Waals surface area contributed by atoms with Gasteiger partial charge >= 0.3 is 0 Å². The van der Waals surface area contributed by atoms with Crippen LogP contribution in [0.3, 0.4) is 0 Å². The zero-order valence-corrected chi connectivity index (χ0v) is 15.9. The lowest BCUT2D eigenvalue weighted by molar-refractivity contribution is 0.575. The summed E-state index contributed by atoms with van der Waals surface area (Å²) in [5.74, 6) is 0. The predicted octanol–water partition coefficient (Wildman–Crippen LogP) is 8.60. The van der Waals surface area contributed by atoms with Crippen molar-refractivity contribution in [2.75, 3.05) is 0 Å². The number of allylic oxidation sites excluding steroid dienone is 2. The Labute approximate surface area is 142 Å². The molecule has 132 valence electrons. The largest absolute Gasteiger partial charge is 0.0885 e. The number of unbranched alkanes of at least 4 members (excludes halogenated alkanes) is 16. The molecule has 0 rings (SSSR count). The fourth-order valence-corrected chi connectivity index (χ4v) is 3.03. The molecular formula is C22H44. The zero-order valence-electron chi connectivity index (χ0n) is 15.9. The maximum atomic E-state index is 2.43. The smallest absolute Gasteiger partial charge is 0.0351 e. The van der Waals surface area contributed by atoms with E-state index in [1.165, 1.54) is 116 Å². The first-order valence-corrected chi connectivity index (χ1v) is 10.6. The fourth-order valence-electron chi connectivity index (χ4n) is 3.03. The van der Waals surface area contributed by atoms with Crippen molar-refractivity contribution >= 4 is 0 Å². The second-order valence-electron chi connectivity index (χ2n) is 7.00. The number of hydrogen-bond donors (Lipinski definition) is 0. The predicted molar refractivity (Wildman–Crippen MR) is 104 cm³/mol. The summed E-state index contributed by atoms with van der Waals surface area (Å²) in [6.07, 6.45) is 30.4. The highest BCUT2D eigenvalue weighted by molar-refractivity contribution is 4.81. The topological polar surface area (TPSA) is 0 Å². The minimum absolute atomic E-state index is 1.31. The highest BCUT2D eigenvalue weighted by Gasteiger charge is 1.91. The van der Waals surface area contributed by atoms with Gasteiger partial charge in [-0.1, -0.05) is 116 Å². The van der Waals surface area contributed by atoms with E-state index < -0.39 is 0 Å². The van der Waals surface area contributed by atoms with Crippen LogP contribution >= 0.6 is 0 Å². The summed E-state index contributed by atoms with van der Waals surface area (Å²) in [7, 11) is 0. The van der Waals surface area contributed by atoms with E-state index in [9.17, 15) is 0 Å². The van der Waals surface area contributed by atoms with Gasteiger partial charge in [0.2, 0.25) is 0 Å². The van der Waals surface area contributed by atoms with Crippen LogP contribution in [0.15, 0.2) is 12.2 Å². The number of hydrogen-bond acceptors (Lipinski definition) is 0. The third-order valence-electron chi connectivity index (χ3n) is 4.62. The third-order valence-corrected chi connectivity index (χ3v) is 4.62. The van der Waals surface area contributed by atoms with Gasteiger partial charge in [0, 0.05) is 0 Å². The van der Waals surface area contributed by atoms with E-state index in [1.807, 2.05) is 0 Å². The van der Waals surface area contributed by atoms with E-state index in [0.29, 0.717) is 0 Å². The monoisotopic (exact) mass is 308 g/mol. The average Bonchev–Trinajstić information content (AvgIpc) is 2.54. The van der Waals surface area contributed by atoms with Gasteiger partial charge in [0.15, 0.2) is 0 Å². The molecule has 0 radical (unpaired) electrons. The summed E-state index contributed by atoms with van der Waals surface area (Å²) >= 11 is 0. The molecule has 0 aliphatic carbocycles. The van der Waals surface area contributed by atoms with Crippen molar-refractivity contribution < 1.29 is 0 Å². The van der Waals surface area contributed by atoms with E-state index >= 15 is 0 Å². The average molecular weight is 309 g/mol. The third kappa shape index (κ3) is 19.7. The van der Waals surface area contributed by atoms with Gasteiger partial charge in [-0.15, -0.1) is 0 Å². The Balaban J connectivity index is 3.03. The lowest BCUT2D eigenvalue weighted by Gasteiger charge is -2.00. The van der Waals surface area contributed by atoms with Crippen LogP contribution in [0.2, 0.25) is 0 Å². The van der Waals surface area contributed by atoms with Crippen molar-refractivity contribution in [1.82, 2.24) is 0 Å². The molecule has 0 aromatic carbocycles. The van der Waals surface area contributed by atoms with Gasteiger partial charge in [-0.05, 0) is 25.7 Å². The van der Waals surface area contributed by atoms with Crippen molar-refractivity contribution in [2.45, 2.75) is 129 Å². The Morgan fingerprint density at radius 2 is 0.636 bits per heavy atom. The highest BCUT2D eigenvalue weighted by atomic mass is 14.0. The quantitative estimate of drug-likeness (QED) is 0.176. The van der Waals surface area contributed by atoms with Crippen LogP contribution in [0.4, 0.5) is 0 Å². The van der Waals surface area contributed by atoms with Crippen LogP contribution in [0.5, 0.6) is 0 Å². The Morgan fingerprint density at radius 1 is 0.364 bits per heavy atom. The molecule has 0 N–H and O–H groups in total. The molecule has 0 aliphatic heterocycles. The lowest BCUT2D eigenvalue weighted by atomic mass is 10.1. The summed E-state index contributed by atoms with van der Waals surface area (Å²) < 4.78 is 0. The first-order chi connectivity index (χ1) is 10.9. The van der Waals surface area contributed by atoms with Crippen LogP contribution in [0.25, 0.3) is 0 Å². The molecule has 0 heteroatoms. The van der Waals surface area contributed by atoms with Crippen molar-refractivity contribution in [3.05, 3.63) is 12.2 Å². The minimum atomic E-state index is 1.31. The molecule has 0 nitrogen and oxygen atoms in total. The molecule has 0 heterocycles. The fraction of sp³-hybridized carbons (Fsp3) is 0.909. The molecule has 0 saturated heterocycles. The maximum Gasteiger partial charge on any atom is -0.0351 e. The van der Waals surface area contributed by atoms with E-state index in [4.69, 9.17) is 0 Å². The van der Waals surface area contributed by atoms with Crippen molar-refractivity contribution in [2.24, 2.45) is 0 Å². The molecule has 22 heavy (non-hydrogen) atoms. The lowest BCUT2D eigenvalue weighted by Crippen LogP contribution is -1.80. The highest BCUT2D eigenvalue weighted by Crippen LogP contribution is 2.11. The van der Waals surface area contributed by atoms with E-state index in [-0.39, 0.29) is 0 Å².